The molecule has 0 spiro atoms. The SMILES string of the molecule is Cc1ccc(C)c(OC(=O)c2nn(CC(C)C)c(=O)c3ccccc23)c1C. The molecule has 0 aliphatic rings. The second kappa shape index (κ2) is 7.35. The fourth-order valence-corrected chi connectivity index (χ4v) is 3.08. The number of hydrogen-bond donors (Lipinski definition) is 0. The molecule has 0 saturated carbocycles. The first-order valence-electron chi connectivity index (χ1n) is 9.08. The molecular weight excluding hydrogens is 340 g/mol. The minimum Gasteiger partial charge on any atom is -0.421 e. The van der Waals surface area contributed by atoms with Crippen molar-refractivity contribution in [3.63, 3.8) is 0 Å². The quantitative estimate of drug-likeness (QED) is 0.514. The topological polar surface area (TPSA) is 61.2 Å². The number of fused-ring (bicyclic) bond motifs is 1. The third-order valence-electron chi connectivity index (χ3n) is 4.67. The van der Waals surface area contributed by atoms with E-state index in [2.05, 4.69) is 5.10 Å². The molecule has 0 fully saturated rings. The summed E-state index contributed by atoms with van der Waals surface area (Å²) in [4.78, 5) is 25.7. The summed E-state index contributed by atoms with van der Waals surface area (Å²) in [6.07, 6.45) is 0. The van der Waals surface area contributed by atoms with Crippen LogP contribution in [0.5, 0.6) is 5.75 Å². The number of esters is 1. The van der Waals surface area contributed by atoms with Crippen LogP contribution >= 0.6 is 0 Å². The standard InChI is InChI=1S/C22H24N2O3/c1-13(2)12-24-21(25)18-9-7-6-8-17(18)19(23-24)22(26)27-20-15(4)11-10-14(3)16(20)5/h6-11,13H,12H2,1-5H3. The number of carbonyl (C=O) groups excluding carboxylic acids is 1. The van der Waals surface area contributed by atoms with E-state index in [-0.39, 0.29) is 17.2 Å². The highest BCUT2D eigenvalue weighted by molar-refractivity contribution is 6.03. The molecule has 5 heteroatoms. The third kappa shape index (κ3) is 3.63. The Labute approximate surface area is 158 Å². The van der Waals surface area contributed by atoms with Crippen molar-refractivity contribution in [1.29, 1.82) is 0 Å². The van der Waals surface area contributed by atoms with Crippen molar-refractivity contribution in [2.24, 2.45) is 5.92 Å². The lowest BCUT2D eigenvalue weighted by molar-refractivity contribution is 0.0725. The van der Waals surface area contributed by atoms with Crippen molar-refractivity contribution < 1.29 is 9.53 Å². The first-order valence-corrected chi connectivity index (χ1v) is 9.08. The van der Waals surface area contributed by atoms with Gasteiger partial charge in [-0.15, -0.1) is 0 Å². The highest BCUT2D eigenvalue weighted by Gasteiger charge is 2.20. The molecule has 27 heavy (non-hydrogen) atoms. The van der Waals surface area contributed by atoms with Crippen LogP contribution in [0, 0.1) is 26.7 Å². The summed E-state index contributed by atoms with van der Waals surface area (Å²) in [6.45, 7) is 10.2. The summed E-state index contributed by atoms with van der Waals surface area (Å²) in [7, 11) is 0. The number of benzene rings is 2. The monoisotopic (exact) mass is 364 g/mol. The van der Waals surface area contributed by atoms with Crippen LogP contribution in [0.3, 0.4) is 0 Å². The third-order valence-corrected chi connectivity index (χ3v) is 4.67. The Bertz CT molecular complexity index is 1080. The number of aryl methyl sites for hydroxylation is 2. The molecule has 5 nitrogen and oxygen atoms in total. The summed E-state index contributed by atoms with van der Waals surface area (Å²) in [5, 5.41) is 5.33. The molecule has 3 aromatic rings. The van der Waals surface area contributed by atoms with Crippen molar-refractivity contribution >= 4 is 16.7 Å². The molecule has 0 unspecified atom stereocenters. The molecule has 1 heterocycles. The number of nitrogens with zero attached hydrogens (tertiary/aromatic N) is 2. The molecule has 0 amide bonds. The van der Waals surface area contributed by atoms with Crippen molar-refractivity contribution in [3.8, 4) is 5.75 Å². The Morgan fingerprint density at radius 3 is 2.33 bits per heavy atom. The van der Waals surface area contributed by atoms with E-state index in [1.165, 1.54) is 4.68 Å². The van der Waals surface area contributed by atoms with E-state index in [0.29, 0.717) is 23.1 Å². The van der Waals surface area contributed by atoms with Crippen LogP contribution in [0.2, 0.25) is 0 Å². The fourth-order valence-electron chi connectivity index (χ4n) is 3.08. The molecule has 140 valence electrons. The summed E-state index contributed by atoms with van der Waals surface area (Å²) in [5.41, 5.74) is 2.81. The van der Waals surface area contributed by atoms with Crippen LogP contribution in [0.15, 0.2) is 41.2 Å². The summed E-state index contributed by atoms with van der Waals surface area (Å²) >= 11 is 0. The zero-order valence-electron chi connectivity index (χ0n) is 16.4. The first-order chi connectivity index (χ1) is 12.8. The smallest absolute Gasteiger partial charge is 0.364 e. The average Bonchev–Trinajstić information content (AvgIpc) is 2.64. The van der Waals surface area contributed by atoms with Crippen LogP contribution < -0.4 is 10.3 Å². The van der Waals surface area contributed by atoms with Gasteiger partial charge in [0.1, 0.15) is 5.75 Å². The van der Waals surface area contributed by atoms with Gasteiger partial charge < -0.3 is 4.74 Å². The molecule has 0 N–H and O–H groups in total. The Balaban J connectivity index is 2.13. The maximum absolute atomic E-state index is 13.0. The Hall–Kier alpha value is -2.95. The molecule has 0 atom stereocenters. The van der Waals surface area contributed by atoms with Crippen LogP contribution in [-0.4, -0.2) is 15.7 Å². The van der Waals surface area contributed by atoms with Gasteiger partial charge in [0.15, 0.2) is 5.69 Å². The first kappa shape index (κ1) is 18.8. The molecule has 3 rings (SSSR count). The number of aromatic nitrogens is 2. The predicted octanol–water partition coefficient (Wildman–Crippen LogP) is 4.20. The zero-order chi connectivity index (χ0) is 19.7. The van der Waals surface area contributed by atoms with Gasteiger partial charge in [-0.2, -0.15) is 5.10 Å². The maximum Gasteiger partial charge on any atom is 0.364 e. The van der Waals surface area contributed by atoms with Crippen LogP contribution in [-0.2, 0) is 6.54 Å². The van der Waals surface area contributed by atoms with E-state index in [9.17, 15) is 9.59 Å². The molecule has 2 aromatic carbocycles. The van der Waals surface area contributed by atoms with Crippen LogP contribution in [0.1, 0.15) is 41.0 Å². The minimum absolute atomic E-state index is 0.158. The largest absolute Gasteiger partial charge is 0.421 e. The lowest BCUT2D eigenvalue weighted by atomic mass is 10.1. The van der Waals surface area contributed by atoms with Crippen molar-refractivity contribution in [2.75, 3.05) is 0 Å². The normalized spacial score (nSPS) is 11.2. The zero-order valence-corrected chi connectivity index (χ0v) is 16.4. The lowest BCUT2D eigenvalue weighted by Gasteiger charge is -2.14. The van der Waals surface area contributed by atoms with Crippen LogP contribution in [0.4, 0.5) is 0 Å². The summed E-state index contributed by atoms with van der Waals surface area (Å²) in [5.74, 6) is 0.217. The predicted molar refractivity (Wildman–Crippen MR) is 106 cm³/mol. The van der Waals surface area contributed by atoms with E-state index >= 15 is 0 Å². The number of carbonyl (C=O) groups is 1. The molecular formula is C22H24N2O3. The molecule has 0 radical (unpaired) electrons. The Morgan fingerprint density at radius 2 is 1.67 bits per heavy atom. The maximum atomic E-state index is 13.0. The van der Waals surface area contributed by atoms with E-state index in [4.69, 9.17) is 4.74 Å². The summed E-state index contributed by atoms with van der Waals surface area (Å²) < 4.78 is 7.09. The molecule has 0 saturated heterocycles. The van der Waals surface area contributed by atoms with E-state index in [1.807, 2.05) is 46.8 Å². The van der Waals surface area contributed by atoms with Gasteiger partial charge in [0, 0.05) is 11.9 Å². The molecule has 1 aromatic heterocycles. The number of ether oxygens (including phenoxy) is 1. The van der Waals surface area contributed by atoms with Gasteiger partial charge in [0.2, 0.25) is 0 Å². The van der Waals surface area contributed by atoms with E-state index in [0.717, 1.165) is 16.7 Å². The van der Waals surface area contributed by atoms with E-state index < -0.39 is 5.97 Å². The fraction of sp³-hybridized carbons (Fsp3) is 0.318. The lowest BCUT2D eigenvalue weighted by Crippen LogP contribution is -2.28. The van der Waals surface area contributed by atoms with Gasteiger partial charge in [0.25, 0.3) is 5.56 Å². The Kier molecular flexibility index (Phi) is 5.13. The minimum atomic E-state index is -0.555. The van der Waals surface area contributed by atoms with Gasteiger partial charge in [-0.05, 0) is 49.4 Å². The van der Waals surface area contributed by atoms with Gasteiger partial charge in [-0.25, -0.2) is 9.48 Å². The second-order valence-corrected chi connectivity index (χ2v) is 7.32. The second-order valence-electron chi connectivity index (χ2n) is 7.32. The van der Waals surface area contributed by atoms with Gasteiger partial charge in [-0.3, -0.25) is 4.79 Å². The molecule has 0 bridgehead atoms. The molecule has 0 aliphatic carbocycles. The number of hydrogen-bond acceptors (Lipinski definition) is 4. The highest BCUT2D eigenvalue weighted by Crippen LogP contribution is 2.27. The van der Waals surface area contributed by atoms with Gasteiger partial charge >= 0.3 is 5.97 Å². The van der Waals surface area contributed by atoms with E-state index in [1.54, 1.807) is 24.3 Å². The van der Waals surface area contributed by atoms with Crippen molar-refractivity contribution in [2.45, 2.75) is 41.2 Å². The Morgan fingerprint density at radius 1 is 1.04 bits per heavy atom. The summed E-state index contributed by atoms with van der Waals surface area (Å²) in [6, 6.07) is 10.9. The number of rotatable bonds is 4. The highest BCUT2D eigenvalue weighted by atomic mass is 16.5. The van der Waals surface area contributed by atoms with Crippen LogP contribution in [0.25, 0.3) is 10.8 Å². The van der Waals surface area contributed by atoms with Crippen molar-refractivity contribution in [1.82, 2.24) is 9.78 Å². The van der Waals surface area contributed by atoms with Gasteiger partial charge in [-0.1, -0.05) is 44.2 Å². The van der Waals surface area contributed by atoms with Crippen molar-refractivity contribution in [3.05, 3.63) is 69.1 Å². The van der Waals surface area contributed by atoms with Gasteiger partial charge in [0.05, 0.1) is 5.39 Å². The molecule has 0 aliphatic heterocycles. The average molecular weight is 364 g/mol.